The van der Waals surface area contributed by atoms with Crippen LogP contribution in [0.5, 0.6) is 0 Å². The molecule has 1 aliphatic rings. The third-order valence-corrected chi connectivity index (χ3v) is 3.69. The number of carbonyl (C=O) groups is 3. The Morgan fingerprint density at radius 1 is 1.32 bits per heavy atom. The van der Waals surface area contributed by atoms with Crippen molar-refractivity contribution in [3.63, 3.8) is 0 Å². The number of nitrogens with one attached hydrogen (secondary N) is 2. The Morgan fingerprint density at radius 3 is 2.73 bits per heavy atom. The summed E-state index contributed by atoms with van der Waals surface area (Å²) in [5, 5.41) is 14.6. The molecule has 22 heavy (non-hydrogen) atoms. The molecular weight excluding hydrogens is 284 g/mol. The number of aliphatic carboxylic acids is 1. The molecule has 0 bridgehead atoms. The number of fused-ring (bicyclic) bond motifs is 1. The molecule has 2 amide bonds. The summed E-state index contributed by atoms with van der Waals surface area (Å²) in [7, 11) is 0. The van der Waals surface area contributed by atoms with Crippen molar-refractivity contribution in [3.05, 3.63) is 23.8 Å². The molecule has 0 aromatic heterocycles. The van der Waals surface area contributed by atoms with Crippen molar-refractivity contribution in [2.24, 2.45) is 5.41 Å². The zero-order chi connectivity index (χ0) is 16.3. The molecule has 0 radical (unpaired) electrons. The molecular formula is C16H20N2O4. The minimum absolute atomic E-state index is 0.00116. The number of carboxylic acids is 1. The van der Waals surface area contributed by atoms with Gasteiger partial charge in [0.15, 0.2) is 0 Å². The lowest BCUT2D eigenvalue weighted by Gasteiger charge is -2.18. The Balaban J connectivity index is 2.08. The lowest BCUT2D eigenvalue weighted by atomic mass is 9.89. The van der Waals surface area contributed by atoms with Crippen LogP contribution in [0.2, 0.25) is 0 Å². The maximum Gasteiger partial charge on any atom is 0.309 e. The van der Waals surface area contributed by atoms with Crippen LogP contribution in [0, 0.1) is 5.41 Å². The number of carbonyl (C=O) groups excluding carboxylic acids is 2. The van der Waals surface area contributed by atoms with Gasteiger partial charge in [-0.15, -0.1) is 0 Å². The third kappa shape index (κ3) is 3.84. The van der Waals surface area contributed by atoms with E-state index in [9.17, 15) is 14.4 Å². The van der Waals surface area contributed by atoms with E-state index in [0.29, 0.717) is 12.1 Å². The molecule has 0 spiro atoms. The van der Waals surface area contributed by atoms with Gasteiger partial charge in [-0.05, 0) is 50.5 Å². The van der Waals surface area contributed by atoms with Gasteiger partial charge in [0.2, 0.25) is 11.8 Å². The average Bonchev–Trinajstić information content (AvgIpc) is 2.58. The summed E-state index contributed by atoms with van der Waals surface area (Å²) in [4.78, 5) is 34.5. The first kappa shape index (κ1) is 16.0. The van der Waals surface area contributed by atoms with Crippen molar-refractivity contribution in [2.75, 3.05) is 10.6 Å². The van der Waals surface area contributed by atoms with Gasteiger partial charge < -0.3 is 15.7 Å². The normalized spacial score (nSPS) is 14.5. The Kier molecular flexibility index (Phi) is 4.49. The summed E-state index contributed by atoms with van der Waals surface area (Å²) in [6.07, 6.45) is 1.92. The molecule has 118 valence electrons. The number of amides is 2. The van der Waals surface area contributed by atoms with E-state index >= 15 is 0 Å². The standard InChI is InChI=1S/C16H20N2O4/c1-16(2,15(21)22)9-14(20)17-11-6-7-12-10(8-11)4-3-5-13(19)18-12/h6-8H,3-5,9H2,1-2H3,(H,17,20)(H,18,19)(H,21,22). The molecule has 1 aromatic rings. The molecule has 1 aliphatic heterocycles. The molecule has 3 N–H and O–H groups in total. The van der Waals surface area contributed by atoms with Gasteiger partial charge in [0.05, 0.1) is 5.41 Å². The van der Waals surface area contributed by atoms with Crippen molar-refractivity contribution in [2.45, 2.75) is 39.5 Å². The van der Waals surface area contributed by atoms with Crippen LogP contribution in [0.3, 0.4) is 0 Å². The van der Waals surface area contributed by atoms with Crippen molar-refractivity contribution >= 4 is 29.2 Å². The molecule has 2 rings (SSSR count). The van der Waals surface area contributed by atoms with E-state index in [1.807, 2.05) is 6.07 Å². The second kappa shape index (κ2) is 6.17. The van der Waals surface area contributed by atoms with Gasteiger partial charge in [-0.1, -0.05) is 0 Å². The van der Waals surface area contributed by atoms with E-state index in [0.717, 1.165) is 24.1 Å². The van der Waals surface area contributed by atoms with Crippen LogP contribution < -0.4 is 10.6 Å². The maximum atomic E-state index is 12.0. The fourth-order valence-electron chi connectivity index (χ4n) is 2.33. The first-order valence-electron chi connectivity index (χ1n) is 7.24. The highest BCUT2D eigenvalue weighted by Gasteiger charge is 2.30. The summed E-state index contributed by atoms with van der Waals surface area (Å²) in [6, 6.07) is 5.29. The van der Waals surface area contributed by atoms with E-state index in [1.54, 1.807) is 12.1 Å². The topological polar surface area (TPSA) is 95.5 Å². The second-order valence-corrected chi connectivity index (χ2v) is 6.19. The summed E-state index contributed by atoms with van der Waals surface area (Å²) in [5.41, 5.74) is 1.25. The van der Waals surface area contributed by atoms with Crippen LogP contribution in [0.15, 0.2) is 18.2 Å². The number of aryl methyl sites for hydroxylation is 1. The van der Waals surface area contributed by atoms with Gasteiger partial charge in [-0.2, -0.15) is 0 Å². The number of hydrogen-bond acceptors (Lipinski definition) is 3. The molecule has 0 aliphatic carbocycles. The minimum Gasteiger partial charge on any atom is -0.481 e. The third-order valence-electron chi connectivity index (χ3n) is 3.69. The fraction of sp³-hybridized carbons (Fsp3) is 0.438. The minimum atomic E-state index is -1.11. The van der Waals surface area contributed by atoms with Crippen LogP contribution in [-0.2, 0) is 20.8 Å². The lowest BCUT2D eigenvalue weighted by Crippen LogP contribution is -2.29. The number of rotatable bonds is 4. The molecule has 0 fully saturated rings. The zero-order valence-corrected chi connectivity index (χ0v) is 12.7. The molecule has 1 heterocycles. The summed E-state index contributed by atoms with van der Waals surface area (Å²) >= 11 is 0. The van der Waals surface area contributed by atoms with E-state index < -0.39 is 11.4 Å². The number of carboxylic acid groups (broad SMARTS) is 1. The van der Waals surface area contributed by atoms with Crippen molar-refractivity contribution in [3.8, 4) is 0 Å². The highest BCUT2D eigenvalue weighted by Crippen LogP contribution is 2.26. The first-order valence-corrected chi connectivity index (χ1v) is 7.24. The van der Waals surface area contributed by atoms with Crippen LogP contribution in [0.4, 0.5) is 11.4 Å². The molecule has 0 unspecified atom stereocenters. The molecule has 0 atom stereocenters. The lowest BCUT2D eigenvalue weighted by molar-refractivity contribution is -0.148. The zero-order valence-electron chi connectivity index (χ0n) is 12.7. The molecule has 6 heteroatoms. The van der Waals surface area contributed by atoms with E-state index in [-0.39, 0.29) is 18.2 Å². The van der Waals surface area contributed by atoms with Gasteiger partial charge in [0, 0.05) is 24.2 Å². The highest BCUT2D eigenvalue weighted by atomic mass is 16.4. The van der Waals surface area contributed by atoms with E-state index in [4.69, 9.17) is 5.11 Å². The largest absolute Gasteiger partial charge is 0.481 e. The van der Waals surface area contributed by atoms with Crippen molar-refractivity contribution < 1.29 is 19.5 Å². The Labute approximate surface area is 128 Å². The van der Waals surface area contributed by atoms with Crippen LogP contribution in [-0.4, -0.2) is 22.9 Å². The predicted octanol–water partition coefficient (Wildman–Crippen LogP) is 2.40. The van der Waals surface area contributed by atoms with Crippen molar-refractivity contribution in [1.29, 1.82) is 0 Å². The van der Waals surface area contributed by atoms with Gasteiger partial charge in [0.1, 0.15) is 0 Å². The summed E-state index contributed by atoms with van der Waals surface area (Å²) in [6.45, 7) is 3.03. The Bertz CT molecular complexity index is 623. The van der Waals surface area contributed by atoms with Gasteiger partial charge >= 0.3 is 5.97 Å². The van der Waals surface area contributed by atoms with Crippen LogP contribution in [0.25, 0.3) is 0 Å². The fourth-order valence-corrected chi connectivity index (χ4v) is 2.33. The first-order chi connectivity index (χ1) is 10.3. The van der Waals surface area contributed by atoms with Crippen LogP contribution in [0.1, 0.15) is 38.7 Å². The Hall–Kier alpha value is -2.37. The number of anilines is 2. The van der Waals surface area contributed by atoms with Gasteiger partial charge in [0.25, 0.3) is 0 Å². The number of hydrogen-bond donors (Lipinski definition) is 3. The Morgan fingerprint density at radius 2 is 2.05 bits per heavy atom. The van der Waals surface area contributed by atoms with Gasteiger partial charge in [-0.3, -0.25) is 14.4 Å². The SMILES string of the molecule is CC(C)(CC(=O)Nc1ccc2c(c1)CCCC(=O)N2)C(=O)O. The quantitative estimate of drug-likeness (QED) is 0.796. The van der Waals surface area contributed by atoms with Crippen molar-refractivity contribution in [1.82, 2.24) is 0 Å². The maximum absolute atomic E-state index is 12.0. The molecule has 6 nitrogen and oxygen atoms in total. The second-order valence-electron chi connectivity index (χ2n) is 6.19. The highest BCUT2D eigenvalue weighted by molar-refractivity contribution is 5.95. The average molecular weight is 304 g/mol. The molecule has 1 aromatic carbocycles. The van der Waals surface area contributed by atoms with E-state index in [1.165, 1.54) is 13.8 Å². The molecule has 0 saturated heterocycles. The molecule has 0 saturated carbocycles. The van der Waals surface area contributed by atoms with Crippen LogP contribution >= 0.6 is 0 Å². The monoisotopic (exact) mass is 304 g/mol. The van der Waals surface area contributed by atoms with Gasteiger partial charge in [-0.25, -0.2) is 0 Å². The predicted molar refractivity (Wildman–Crippen MR) is 82.7 cm³/mol. The van der Waals surface area contributed by atoms with E-state index in [2.05, 4.69) is 10.6 Å². The summed E-state index contributed by atoms with van der Waals surface area (Å²) in [5.74, 6) is -1.35. The summed E-state index contributed by atoms with van der Waals surface area (Å²) < 4.78 is 0. The smallest absolute Gasteiger partial charge is 0.309 e. The number of benzene rings is 1.